The van der Waals surface area contributed by atoms with E-state index >= 15 is 0 Å². The van der Waals surface area contributed by atoms with Crippen molar-refractivity contribution in [1.82, 2.24) is 19.8 Å². The molecule has 2 aromatic heterocycles. The molecule has 2 aromatic rings. The van der Waals surface area contributed by atoms with Crippen LogP contribution in [0.4, 0.5) is 0 Å². The predicted molar refractivity (Wildman–Crippen MR) is 111 cm³/mol. The molecule has 0 spiro atoms. The fourth-order valence-electron chi connectivity index (χ4n) is 3.51. The number of nitrogens with zero attached hydrogens (tertiary/aromatic N) is 3. The molecule has 0 aromatic carbocycles. The Kier molecular flexibility index (Phi) is 5.61. The number of rotatable bonds is 4. The SMILES string of the molecule is C[C@@H]1CCc2c(sc3ncn(CC(=O)N(C)CC(=O)NC(C)(C)C)c(=O)c23)C1. The third-order valence-corrected chi connectivity index (χ3v) is 6.07. The number of amides is 2. The Hall–Kier alpha value is -2.22. The second-order valence-electron chi connectivity index (χ2n) is 8.76. The van der Waals surface area contributed by atoms with Gasteiger partial charge in [0.2, 0.25) is 11.8 Å². The molecule has 0 aliphatic heterocycles. The molecule has 1 N–H and O–H groups in total. The minimum absolute atomic E-state index is 0.0493. The molecule has 1 aliphatic carbocycles. The van der Waals surface area contributed by atoms with Crippen LogP contribution in [0.15, 0.2) is 11.1 Å². The lowest BCUT2D eigenvalue weighted by molar-refractivity contribution is -0.135. The molecular formula is C20H28N4O3S. The Balaban J connectivity index is 1.77. The van der Waals surface area contributed by atoms with Crippen molar-refractivity contribution in [3.8, 4) is 0 Å². The topological polar surface area (TPSA) is 84.3 Å². The van der Waals surface area contributed by atoms with Crippen LogP contribution in [0.5, 0.6) is 0 Å². The molecule has 0 bridgehead atoms. The number of fused-ring (bicyclic) bond motifs is 3. The van der Waals surface area contributed by atoms with Crippen molar-refractivity contribution in [3.05, 3.63) is 27.1 Å². The number of likely N-dealkylation sites (N-methyl/N-ethyl adjacent to an activating group) is 1. The van der Waals surface area contributed by atoms with Gasteiger partial charge in [-0.15, -0.1) is 11.3 Å². The lowest BCUT2D eigenvalue weighted by atomic mass is 9.89. The van der Waals surface area contributed by atoms with Crippen molar-refractivity contribution >= 4 is 33.4 Å². The summed E-state index contributed by atoms with van der Waals surface area (Å²) < 4.78 is 1.36. The molecule has 0 saturated heterocycles. The number of aromatic nitrogens is 2. The smallest absolute Gasteiger partial charge is 0.262 e. The highest BCUT2D eigenvalue weighted by atomic mass is 32.1. The van der Waals surface area contributed by atoms with Crippen LogP contribution >= 0.6 is 11.3 Å². The molecule has 0 fully saturated rings. The van der Waals surface area contributed by atoms with E-state index in [0.717, 1.165) is 29.7 Å². The lowest BCUT2D eigenvalue weighted by Gasteiger charge is -2.23. The minimum Gasteiger partial charge on any atom is -0.350 e. The summed E-state index contributed by atoms with van der Waals surface area (Å²) in [6.07, 6.45) is 4.38. The first-order valence-electron chi connectivity index (χ1n) is 9.60. The molecule has 152 valence electrons. The molecule has 2 heterocycles. The highest BCUT2D eigenvalue weighted by Crippen LogP contribution is 2.35. The standard InChI is InChI=1S/C20H28N4O3S/c1-12-6-7-13-14(8-12)28-18-17(13)19(27)24(11-21-18)10-16(26)23(5)9-15(25)22-20(2,3)4/h11-12H,6-10H2,1-5H3,(H,22,25)/t12-/m1/s1. The van der Waals surface area contributed by atoms with Crippen LogP contribution < -0.4 is 10.9 Å². The number of nitrogens with one attached hydrogen (secondary N) is 1. The van der Waals surface area contributed by atoms with E-state index in [-0.39, 0.29) is 36.0 Å². The van der Waals surface area contributed by atoms with Crippen LogP contribution in [0.1, 0.15) is 44.6 Å². The zero-order valence-electron chi connectivity index (χ0n) is 17.2. The van der Waals surface area contributed by atoms with E-state index in [9.17, 15) is 14.4 Å². The maximum absolute atomic E-state index is 13.0. The second kappa shape index (κ2) is 7.66. The van der Waals surface area contributed by atoms with Gasteiger partial charge >= 0.3 is 0 Å². The zero-order chi connectivity index (χ0) is 20.6. The molecule has 0 radical (unpaired) electrons. The largest absolute Gasteiger partial charge is 0.350 e. The van der Waals surface area contributed by atoms with E-state index in [2.05, 4.69) is 17.2 Å². The third kappa shape index (κ3) is 4.43. The fraction of sp³-hybridized carbons (Fsp3) is 0.600. The summed E-state index contributed by atoms with van der Waals surface area (Å²) in [6, 6.07) is 0. The highest BCUT2D eigenvalue weighted by molar-refractivity contribution is 7.18. The molecule has 0 unspecified atom stereocenters. The quantitative estimate of drug-likeness (QED) is 0.844. The molecule has 2 amide bonds. The molecular weight excluding hydrogens is 376 g/mol. The van der Waals surface area contributed by atoms with Gasteiger partial charge in [0.15, 0.2) is 0 Å². The molecule has 1 atom stereocenters. The second-order valence-corrected chi connectivity index (χ2v) is 9.84. The molecule has 8 heteroatoms. The van der Waals surface area contributed by atoms with Gasteiger partial charge in [-0.3, -0.25) is 19.0 Å². The van der Waals surface area contributed by atoms with E-state index in [1.807, 2.05) is 20.8 Å². The maximum Gasteiger partial charge on any atom is 0.262 e. The van der Waals surface area contributed by atoms with Crippen molar-refractivity contribution in [2.24, 2.45) is 5.92 Å². The van der Waals surface area contributed by atoms with Gasteiger partial charge in [-0.25, -0.2) is 4.98 Å². The van der Waals surface area contributed by atoms with Crippen molar-refractivity contribution in [2.45, 2.75) is 59.0 Å². The van der Waals surface area contributed by atoms with E-state index in [1.165, 1.54) is 20.7 Å². The normalized spacial score (nSPS) is 16.7. The van der Waals surface area contributed by atoms with E-state index in [4.69, 9.17) is 0 Å². The Bertz CT molecular complexity index is 970. The number of aryl methyl sites for hydroxylation is 1. The molecule has 3 rings (SSSR count). The van der Waals surface area contributed by atoms with E-state index in [1.54, 1.807) is 18.4 Å². The Labute approximate surface area is 168 Å². The van der Waals surface area contributed by atoms with Gasteiger partial charge in [0.05, 0.1) is 18.3 Å². The van der Waals surface area contributed by atoms with Gasteiger partial charge in [0.25, 0.3) is 5.56 Å². The van der Waals surface area contributed by atoms with Crippen LogP contribution in [0, 0.1) is 5.92 Å². The minimum atomic E-state index is -0.359. The first kappa shape index (κ1) is 20.5. The lowest BCUT2D eigenvalue weighted by Crippen LogP contribution is -2.47. The number of carbonyl (C=O) groups excluding carboxylic acids is 2. The summed E-state index contributed by atoms with van der Waals surface area (Å²) >= 11 is 1.59. The number of thiophene rings is 1. The highest BCUT2D eigenvalue weighted by Gasteiger charge is 2.24. The number of hydrogen-bond acceptors (Lipinski definition) is 5. The van der Waals surface area contributed by atoms with Crippen LogP contribution in [-0.4, -0.2) is 45.4 Å². The van der Waals surface area contributed by atoms with Crippen molar-refractivity contribution < 1.29 is 9.59 Å². The van der Waals surface area contributed by atoms with Crippen LogP contribution in [0.25, 0.3) is 10.2 Å². The summed E-state index contributed by atoms with van der Waals surface area (Å²) in [5, 5.41) is 3.49. The summed E-state index contributed by atoms with van der Waals surface area (Å²) in [7, 11) is 1.56. The first-order valence-corrected chi connectivity index (χ1v) is 10.4. The van der Waals surface area contributed by atoms with Gasteiger partial charge in [0.1, 0.15) is 11.4 Å². The number of hydrogen-bond donors (Lipinski definition) is 1. The maximum atomic E-state index is 13.0. The molecule has 1 aliphatic rings. The van der Waals surface area contributed by atoms with Gasteiger partial charge < -0.3 is 10.2 Å². The van der Waals surface area contributed by atoms with Gasteiger partial charge in [-0.1, -0.05) is 6.92 Å². The average molecular weight is 405 g/mol. The molecule has 7 nitrogen and oxygen atoms in total. The van der Waals surface area contributed by atoms with Crippen LogP contribution in [0.2, 0.25) is 0 Å². The van der Waals surface area contributed by atoms with Crippen LogP contribution in [0.3, 0.4) is 0 Å². The van der Waals surface area contributed by atoms with E-state index in [0.29, 0.717) is 11.3 Å². The van der Waals surface area contributed by atoms with Gasteiger partial charge in [0, 0.05) is 17.5 Å². The monoisotopic (exact) mass is 404 g/mol. The summed E-state index contributed by atoms with van der Waals surface area (Å²) in [6.45, 7) is 7.71. The number of carbonyl (C=O) groups is 2. The molecule has 0 saturated carbocycles. The summed E-state index contributed by atoms with van der Waals surface area (Å²) in [5.74, 6) is 0.0904. The van der Waals surface area contributed by atoms with Gasteiger partial charge in [-0.2, -0.15) is 0 Å². The van der Waals surface area contributed by atoms with Crippen molar-refractivity contribution in [1.29, 1.82) is 0 Å². The summed E-state index contributed by atoms with van der Waals surface area (Å²) in [5.41, 5.74) is 0.579. The summed E-state index contributed by atoms with van der Waals surface area (Å²) in [4.78, 5) is 45.3. The fourth-order valence-corrected chi connectivity index (χ4v) is 4.85. The first-order chi connectivity index (χ1) is 13.0. The Morgan fingerprint density at radius 1 is 1.39 bits per heavy atom. The predicted octanol–water partition coefficient (Wildman–Crippen LogP) is 1.96. The van der Waals surface area contributed by atoms with Crippen LogP contribution in [-0.2, 0) is 29.0 Å². The van der Waals surface area contributed by atoms with E-state index < -0.39 is 0 Å². The average Bonchev–Trinajstić information content (AvgIpc) is 2.93. The molecule has 28 heavy (non-hydrogen) atoms. The van der Waals surface area contributed by atoms with Gasteiger partial charge in [-0.05, 0) is 51.5 Å². The Morgan fingerprint density at radius 2 is 2.11 bits per heavy atom. The third-order valence-electron chi connectivity index (χ3n) is 4.91. The van der Waals surface area contributed by atoms with Crippen molar-refractivity contribution in [2.75, 3.05) is 13.6 Å². The Morgan fingerprint density at radius 3 is 2.79 bits per heavy atom. The zero-order valence-corrected chi connectivity index (χ0v) is 18.0. The van der Waals surface area contributed by atoms with Crippen molar-refractivity contribution in [3.63, 3.8) is 0 Å².